The largest absolute Gasteiger partial charge is 0.379 e. The van der Waals surface area contributed by atoms with Crippen molar-refractivity contribution in [1.82, 2.24) is 19.7 Å². The quantitative estimate of drug-likeness (QED) is 0.208. The second-order valence-corrected chi connectivity index (χ2v) is 13.5. The minimum atomic E-state index is -3.16. The van der Waals surface area contributed by atoms with E-state index in [9.17, 15) is 18.6 Å². The molecular weight excluding hydrogens is 616 g/mol. The van der Waals surface area contributed by atoms with E-state index in [2.05, 4.69) is 36.5 Å². The predicted molar refractivity (Wildman–Crippen MR) is 179 cm³/mol. The van der Waals surface area contributed by atoms with Gasteiger partial charge in [0, 0.05) is 72.5 Å². The number of hydrogen-bond acceptors (Lipinski definition) is 8. The molecule has 4 aromatic rings. The molecule has 1 aliphatic heterocycles. The van der Waals surface area contributed by atoms with E-state index in [4.69, 9.17) is 4.74 Å². The highest BCUT2D eigenvalue weighted by Crippen LogP contribution is 2.18. The Hall–Kier alpha value is -4.96. The molecule has 5 rings (SSSR count). The molecule has 2 aromatic carbocycles. The molecule has 2 aromatic heterocycles. The summed E-state index contributed by atoms with van der Waals surface area (Å²) in [6.07, 6.45) is 5.32. The Labute approximate surface area is 274 Å². The summed E-state index contributed by atoms with van der Waals surface area (Å²) in [6, 6.07) is 16.8. The number of morpholine rings is 1. The molecule has 0 aliphatic carbocycles. The van der Waals surface area contributed by atoms with Crippen LogP contribution in [-0.2, 0) is 21.5 Å². The van der Waals surface area contributed by atoms with Gasteiger partial charge >= 0.3 is 0 Å². The van der Waals surface area contributed by atoms with Crippen LogP contribution in [0.3, 0.4) is 0 Å². The summed E-state index contributed by atoms with van der Waals surface area (Å²) in [5.74, 6) is 4.96. The molecule has 1 fully saturated rings. The fraction of sp³-hybridized carbons (Fsp3) is 0.286. The van der Waals surface area contributed by atoms with Crippen molar-refractivity contribution in [3.8, 4) is 11.8 Å². The smallest absolute Gasteiger partial charge is 0.286 e. The second-order valence-electron chi connectivity index (χ2n) is 11.2. The number of ketones is 1. The van der Waals surface area contributed by atoms with Gasteiger partial charge in [-0.2, -0.15) is 9.46 Å². The maximum Gasteiger partial charge on any atom is 0.286 e. The van der Waals surface area contributed by atoms with Crippen LogP contribution in [0.15, 0.2) is 82.3 Å². The van der Waals surface area contributed by atoms with Gasteiger partial charge in [0.2, 0.25) is 0 Å². The number of amides is 2. The van der Waals surface area contributed by atoms with Crippen LogP contribution in [0.5, 0.6) is 0 Å². The Morgan fingerprint density at radius 2 is 1.74 bits per heavy atom. The zero-order valence-corrected chi connectivity index (χ0v) is 27.4. The fourth-order valence-corrected chi connectivity index (χ4v) is 6.27. The van der Waals surface area contributed by atoms with Crippen molar-refractivity contribution in [2.24, 2.45) is 11.4 Å². The van der Waals surface area contributed by atoms with Crippen molar-refractivity contribution in [3.05, 3.63) is 107 Å². The molecule has 0 saturated carbocycles. The van der Waals surface area contributed by atoms with E-state index < -0.39 is 15.6 Å². The lowest BCUT2D eigenvalue weighted by Crippen LogP contribution is -2.36. The number of nitrogens with one attached hydrogen (secondary N) is 1. The van der Waals surface area contributed by atoms with Gasteiger partial charge in [0.05, 0.1) is 34.2 Å². The SMILES string of the molecule is Cc1cc(C(=O)Nc2cccc(C#Cc3cncc(C(=O)N=S(C)(=O)c4cccc(C(=O)CCCN5CCOCC5)c4)c3)c2)n(C)n1. The summed E-state index contributed by atoms with van der Waals surface area (Å²) in [4.78, 5) is 45.3. The summed E-state index contributed by atoms with van der Waals surface area (Å²) in [6.45, 7) is 5.78. The summed E-state index contributed by atoms with van der Waals surface area (Å²) < 4.78 is 24.5. The highest BCUT2D eigenvalue weighted by molar-refractivity contribution is 7.93. The van der Waals surface area contributed by atoms with Gasteiger partial charge in [-0.05, 0) is 62.4 Å². The van der Waals surface area contributed by atoms with Crippen LogP contribution >= 0.6 is 0 Å². The van der Waals surface area contributed by atoms with Crippen LogP contribution in [0.4, 0.5) is 5.69 Å². The Morgan fingerprint density at radius 1 is 0.979 bits per heavy atom. The Bertz CT molecular complexity index is 1990. The molecule has 242 valence electrons. The second kappa shape index (κ2) is 15.1. The summed E-state index contributed by atoms with van der Waals surface area (Å²) in [5, 5.41) is 7.06. The van der Waals surface area contributed by atoms with Crippen LogP contribution in [-0.4, -0.2) is 80.6 Å². The molecule has 1 unspecified atom stereocenters. The van der Waals surface area contributed by atoms with Crippen molar-refractivity contribution in [3.63, 3.8) is 0 Å². The third-order valence-corrected chi connectivity index (χ3v) is 9.17. The van der Waals surface area contributed by atoms with Crippen molar-refractivity contribution < 1.29 is 23.3 Å². The summed E-state index contributed by atoms with van der Waals surface area (Å²) in [7, 11) is -1.45. The lowest BCUT2D eigenvalue weighted by Gasteiger charge is -2.26. The first-order valence-electron chi connectivity index (χ1n) is 15.2. The van der Waals surface area contributed by atoms with Crippen molar-refractivity contribution >= 4 is 33.0 Å². The van der Waals surface area contributed by atoms with E-state index >= 15 is 0 Å². The van der Waals surface area contributed by atoms with Crippen molar-refractivity contribution in [2.75, 3.05) is 44.4 Å². The summed E-state index contributed by atoms with van der Waals surface area (Å²) in [5.41, 5.74) is 3.41. The van der Waals surface area contributed by atoms with Gasteiger partial charge < -0.3 is 10.1 Å². The molecule has 1 N–H and O–H groups in total. The van der Waals surface area contributed by atoms with Gasteiger partial charge in [0.1, 0.15) is 5.69 Å². The van der Waals surface area contributed by atoms with Gasteiger partial charge in [0.15, 0.2) is 5.78 Å². The number of rotatable bonds is 9. The number of anilines is 1. The maximum absolute atomic E-state index is 13.6. The standard InChI is InChI=1S/C35H36N6O5S/c1-25-19-32(40(2)38-25)35(44)37-30-9-4-7-26(21-30)12-13-27-20-29(24-36-23-27)34(43)39-47(3,45)31-10-5-8-28(22-31)33(42)11-6-14-41-15-17-46-18-16-41/h4-5,7-10,19-24H,6,11,14-18H2,1-3H3,(H,37,44). The first-order valence-corrected chi connectivity index (χ1v) is 17.1. The van der Waals surface area contributed by atoms with Crippen LogP contribution < -0.4 is 5.32 Å². The molecule has 0 spiro atoms. The molecule has 2 amide bonds. The van der Waals surface area contributed by atoms with Crippen molar-refractivity contribution in [2.45, 2.75) is 24.7 Å². The first kappa shape index (κ1) is 33.4. The third kappa shape index (κ3) is 9.07. The van der Waals surface area contributed by atoms with Gasteiger partial charge in [-0.3, -0.25) is 28.9 Å². The number of aromatic nitrogens is 3. The van der Waals surface area contributed by atoms with Gasteiger partial charge in [-0.1, -0.05) is 30.0 Å². The van der Waals surface area contributed by atoms with E-state index in [1.807, 2.05) is 6.92 Å². The molecule has 47 heavy (non-hydrogen) atoms. The molecule has 1 atom stereocenters. The number of pyridine rings is 1. The topological polar surface area (TPSA) is 136 Å². The van der Waals surface area contributed by atoms with Gasteiger partial charge in [0.25, 0.3) is 11.8 Å². The predicted octanol–water partition coefficient (Wildman–Crippen LogP) is 4.37. The molecular formula is C35H36N6O5S. The Morgan fingerprint density at radius 3 is 2.51 bits per heavy atom. The van der Waals surface area contributed by atoms with Crippen molar-refractivity contribution in [1.29, 1.82) is 0 Å². The first-order chi connectivity index (χ1) is 22.6. The van der Waals surface area contributed by atoms with E-state index in [-0.39, 0.29) is 17.3 Å². The minimum absolute atomic E-state index is 0.0477. The van der Waals surface area contributed by atoms with Gasteiger partial charge in [-0.25, -0.2) is 4.21 Å². The third-order valence-electron chi connectivity index (χ3n) is 7.52. The van der Waals surface area contributed by atoms with E-state index in [0.29, 0.717) is 59.0 Å². The highest BCUT2D eigenvalue weighted by Gasteiger charge is 2.16. The number of benzene rings is 2. The normalized spacial score (nSPS) is 14.4. The Balaban J connectivity index is 1.25. The zero-order valence-electron chi connectivity index (χ0n) is 26.6. The average molecular weight is 653 g/mol. The lowest BCUT2D eigenvalue weighted by molar-refractivity contribution is 0.0371. The van der Waals surface area contributed by atoms with E-state index in [0.717, 1.165) is 25.3 Å². The zero-order chi connectivity index (χ0) is 33.4. The summed E-state index contributed by atoms with van der Waals surface area (Å²) >= 11 is 0. The molecule has 0 bridgehead atoms. The molecule has 1 saturated heterocycles. The number of aryl methyl sites for hydroxylation is 2. The number of carbonyl (C=O) groups excluding carboxylic acids is 3. The van der Waals surface area contributed by atoms with Gasteiger partial charge in [-0.15, -0.1) is 0 Å². The Kier molecular flexibility index (Phi) is 10.7. The number of Topliss-reactive ketones (excluding diaryl/α,β-unsaturated/α-hetero) is 1. The molecule has 0 radical (unpaired) electrons. The van der Waals surface area contributed by atoms with E-state index in [1.54, 1.807) is 61.6 Å². The van der Waals surface area contributed by atoms with E-state index in [1.165, 1.54) is 29.4 Å². The lowest BCUT2D eigenvalue weighted by atomic mass is 10.1. The number of hydrogen-bond donors (Lipinski definition) is 1. The molecule has 12 heteroatoms. The monoisotopic (exact) mass is 652 g/mol. The number of nitrogens with zero attached hydrogens (tertiary/aromatic N) is 5. The fourth-order valence-electron chi connectivity index (χ4n) is 5.06. The molecule has 3 heterocycles. The minimum Gasteiger partial charge on any atom is -0.379 e. The molecule has 11 nitrogen and oxygen atoms in total. The molecule has 1 aliphatic rings. The van der Waals surface area contributed by atoms with Crippen LogP contribution in [0.25, 0.3) is 0 Å². The number of ether oxygens (including phenoxy) is 1. The number of carbonyl (C=O) groups is 3. The van der Waals surface area contributed by atoms with Crippen LogP contribution in [0.1, 0.15) is 60.9 Å². The highest BCUT2D eigenvalue weighted by atomic mass is 32.2. The van der Waals surface area contributed by atoms with Crippen LogP contribution in [0.2, 0.25) is 0 Å². The average Bonchev–Trinajstić information content (AvgIpc) is 3.42. The maximum atomic E-state index is 13.6. The van der Waals surface area contributed by atoms with Crippen LogP contribution in [0, 0.1) is 18.8 Å².